The predicted octanol–water partition coefficient (Wildman–Crippen LogP) is 4.34. The second kappa shape index (κ2) is 9.05. The van der Waals surface area contributed by atoms with Crippen molar-refractivity contribution < 1.29 is 24.6 Å². The minimum Gasteiger partial charge on any atom is -0.504 e. The van der Waals surface area contributed by atoms with Gasteiger partial charge in [0.2, 0.25) is 11.7 Å². The maximum atomic E-state index is 14.6. The van der Waals surface area contributed by atoms with Gasteiger partial charge in [0.15, 0.2) is 11.5 Å². The molecular formula is C32H36N2O5. The summed E-state index contributed by atoms with van der Waals surface area (Å²) < 4.78 is 0. The fourth-order valence-electron chi connectivity index (χ4n) is 8.27. The average Bonchev–Trinajstić information content (AvgIpc) is 3.52. The quantitative estimate of drug-likeness (QED) is 0.342. The molecule has 1 fully saturated rings. The van der Waals surface area contributed by atoms with E-state index in [9.17, 15) is 24.6 Å². The molecule has 39 heavy (non-hydrogen) atoms. The zero-order valence-corrected chi connectivity index (χ0v) is 22.8. The lowest BCUT2D eigenvalue weighted by molar-refractivity contribution is -0.149. The smallest absolute Gasteiger partial charge is 0.235 e. The highest BCUT2D eigenvalue weighted by atomic mass is 16.3. The highest BCUT2D eigenvalue weighted by Gasteiger charge is 2.67. The van der Waals surface area contributed by atoms with Crippen molar-refractivity contribution in [3.63, 3.8) is 0 Å². The van der Waals surface area contributed by atoms with Crippen molar-refractivity contribution in [1.29, 1.82) is 0 Å². The van der Waals surface area contributed by atoms with Crippen LogP contribution < -0.4 is 5.32 Å². The fourth-order valence-corrected chi connectivity index (χ4v) is 8.27. The number of H-pyrrole nitrogens is 1. The van der Waals surface area contributed by atoms with Crippen molar-refractivity contribution in [2.45, 2.75) is 59.1 Å². The summed E-state index contributed by atoms with van der Waals surface area (Å²) in [7, 11) is 0. The molecule has 1 spiro atoms. The SMILES string of the molecule is CC1=C(C)C2C(Cc3c[nH]c4ccccc34)NC(=O)C23C(=O)CC2C(=O)C(O)=C(C)C2C(C)CC=CC3C1O. The van der Waals surface area contributed by atoms with Crippen LogP contribution in [-0.4, -0.2) is 44.8 Å². The van der Waals surface area contributed by atoms with E-state index < -0.39 is 35.1 Å². The average molecular weight is 529 g/mol. The molecule has 2 aromatic rings. The largest absolute Gasteiger partial charge is 0.504 e. The van der Waals surface area contributed by atoms with Crippen LogP contribution in [0.2, 0.25) is 0 Å². The number of hydrogen-bond donors (Lipinski definition) is 4. The molecule has 8 atom stereocenters. The number of aliphatic hydroxyl groups excluding tert-OH is 2. The van der Waals surface area contributed by atoms with Crippen LogP contribution in [0.5, 0.6) is 0 Å². The van der Waals surface area contributed by atoms with Crippen molar-refractivity contribution in [1.82, 2.24) is 10.3 Å². The first-order valence-electron chi connectivity index (χ1n) is 13.9. The first-order valence-corrected chi connectivity index (χ1v) is 13.9. The molecule has 1 saturated heterocycles. The maximum absolute atomic E-state index is 14.6. The molecule has 3 aliphatic carbocycles. The van der Waals surface area contributed by atoms with Crippen LogP contribution in [0.15, 0.2) is 65.1 Å². The normalized spacial score (nSPS) is 36.7. The molecule has 2 heterocycles. The highest BCUT2D eigenvalue weighted by Crippen LogP contribution is 2.56. The van der Waals surface area contributed by atoms with Crippen molar-refractivity contribution in [3.8, 4) is 0 Å². The zero-order chi connectivity index (χ0) is 27.8. The Morgan fingerprint density at radius 3 is 2.56 bits per heavy atom. The minimum atomic E-state index is -1.53. The van der Waals surface area contributed by atoms with E-state index in [0.717, 1.165) is 27.6 Å². The summed E-state index contributed by atoms with van der Waals surface area (Å²) in [5.74, 6) is -3.55. The van der Waals surface area contributed by atoms with Gasteiger partial charge in [0, 0.05) is 47.3 Å². The first kappa shape index (κ1) is 25.8. The third-order valence-corrected chi connectivity index (χ3v) is 10.3. The Morgan fingerprint density at radius 2 is 1.79 bits per heavy atom. The summed E-state index contributed by atoms with van der Waals surface area (Å²) in [5.41, 5.74) is 2.77. The maximum Gasteiger partial charge on any atom is 0.235 e. The van der Waals surface area contributed by atoms with Gasteiger partial charge in [-0.25, -0.2) is 0 Å². The number of rotatable bonds is 2. The summed E-state index contributed by atoms with van der Waals surface area (Å²) in [6.07, 6.45) is 5.79. The number of aromatic nitrogens is 1. The predicted molar refractivity (Wildman–Crippen MR) is 148 cm³/mol. The van der Waals surface area contributed by atoms with Gasteiger partial charge < -0.3 is 20.5 Å². The first-order chi connectivity index (χ1) is 18.6. The van der Waals surface area contributed by atoms with E-state index in [1.807, 2.05) is 63.4 Å². The van der Waals surface area contributed by atoms with Crippen molar-refractivity contribution >= 4 is 28.4 Å². The fraction of sp³-hybridized carbons (Fsp3) is 0.469. The van der Waals surface area contributed by atoms with Crippen LogP contribution in [0.3, 0.4) is 0 Å². The van der Waals surface area contributed by atoms with Gasteiger partial charge in [0.05, 0.1) is 6.10 Å². The minimum absolute atomic E-state index is 0.0173. The molecule has 6 rings (SSSR count). The number of hydrogen-bond acceptors (Lipinski definition) is 5. The summed E-state index contributed by atoms with van der Waals surface area (Å²) in [5, 5.41) is 26.3. The van der Waals surface area contributed by atoms with E-state index in [2.05, 4.69) is 10.3 Å². The van der Waals surface area contributed by atoms with E-state index in [-0.39, 0.29) is 41.7 Å². The number of carbonyl (C=O) groups is 3. The molecule has 4 aliphatic rings. The van der Waals surface area contributed by atoms with E-state index in [1.54, 1.807) is 6.92 Å². The molecule has 1 aromatic heterocycles. The second-order valence-corrected chi connectivity index (χ2v) is 12.1. The van der Waals surface area contributed by atoms with Crippen LogP contribution in [0.1, 0.15) is 46.1 Å². The molecular weight excluding hydrogens is 492 g/mol. The van der Waals surface area contributed by atoms with E-state index in [1.165, 1.54) is 0 Å². The number of fused-ring (bicyclic) bond motifs is 2. The van der Waals surface area contributed by atoms with Crippen LogP contribution in [0, 0.1) is 35.0 Å². The van der Waals surface area contributed by atoms with Crippen molar-refractivity contribution in [2.24, 2.45) is 35.0 Å². The number of Topliss-reactive ketones (excluding diaryl/α,β-unsaturated/α-hetero) is 2. The monoisotopic (exact) mass is 528 g/mol. The van der Waals surface area contributed by atoms with Crippen molar-refractivity contribution in [3.05, 3.63) is 70.7 Å². The Hall–Kier alpha value is -3.45. The lowest BCUT2D eigenvalue weighted by Gasteiger charge is -2.47. The number of aromatic amines is 1. The third kappa shape index (κ3) is 3.48. The highest BCUT2D eigenvalue weighted by molar-refractivity contribution is 6.11. The van der Waals surface area contributed by atoms with Crippen LogP contribution in [-0.2, 0) is 20.8 Å². The summed E-state index contributed by atoms with van der Waals surface area (Å²) in [6, 6.07) is 7.64. The van der Waals surface area contributed by atoms with Gasteiger partial charge in [0.25, 0.3) is 0 Å². The molecule has 8 unspecified atom stereocenters. The molecule has 0 saturated carbocycles. The van der Waals surface area contributed by atoms with Crippen LogP contribution in [0.25, 0.3) is 10.9 Å². The standard InChI is InChI=1S/C32H36N2O5/c1-15-8-7-10-22-28(36)17(3)16(2)27-24(12-19-14-33-23-11-6-5-9-20(19)23)34-31(39)32(22,27)25(35)13-21-26(15)18(4)29(37)30(21)38/h5-7,9-11,14-15,21-22,24,26-28,33,36-37H,8,12-13H2,1-4H3,(H,34,39). The second-order valence-electron chi connectivity index (χ2n) is 12.1. The number of carbonyl (C=O) groups excluding carboxylic acids is 3. The Morgan fingerprint density at radius 1 is 1.05 bits per heavy atom. The molecule has 7 heteroatoms. The number of ketones is 2. The van der Waals surface area contributed by atoms with E-state index >= 15 is 0 Å². The molecule has 4 N–H and O–H groups in total. The molecule has 1 aromatic carbocycles. The van der Waals surface area contributed by atoms with Gasteiger partial charge in [-0.05, 0) is 68.2 Å². The van der Waals surface area contributed by atoms with Crippen molar-refractivity contribution in [2.75, 3.05) is 0 Å². The van der Waals surface area contributed by atoms with Crippen LogP contribution in [0.4, 0.5) is 0 Å². The molecule has 1 amide bonds. The molecule has 0 bridgehead atoms. The number of aliphatic hydroxyl groups is 2. The zero-order valence-electron chi connectivity index (χ0n) is 22.8. The Kier molecular flexibility index (Phi) is 5.99. The summed E-state index contributed by atoms with van der Waals surface area (Å²) >= 11 is 0. The molecule has 204 valence electrons. The lowest BCUT2D eigenvalue weighted by atomic mass is 9.53. The van der Waals surface area contributed by atoms with Crippen LogP contribution >= 0.6 is 0 Å². The topological polar surface area (TPSA) is 119 Å². The number of amides is 1. The lowest BCUT2D eigenvalue weighted by Crippen LogP contribution is -2.56. The molecule has 1 aliphatic heterocycles. The molecule has 7 nitrogen and oxygen atoms in total. The number of para-hydroxylation sites is 1. The third-order valence-electron chi connectivity index (χ3n) is 10.3. The van der Waals surface area contributed by atoms with Gasteiger partial charge in [-0.3, -0.25) is 14.4 Å². The summed E-state index contributed by atoms with van der Waals surface area (Å²) in [6.45, 7) is 7.59. The Labute approximate surface area is 228 Å². The van der Waals surface area contributed by atoms with Gasteiger partial charge in [-0.15, -0.1) is 0 Å². The molecule has 0 radical (unpaired) electrons. The number of benzene rings is 1. The summed E-state index contributed by atoms with van der Waals surface area (Å²) in [4.78, 5) is 45.2. The van der Waals surface area contributed by atoms with E-state index in [4.69, 9.17) is 0 Å². The number of allylic oxidation sites excluding steroid dienone is 3. The Balaban J connectivity index is 1.48. The van der Waals surface area contributed by atoms with E-state index in [0.29, 0.717) is 18.4 Å². The van der Waals surface area contributed by atoms with Gasteiger partial charge >= 0.3 is 0 Å². The van der Waals surface area contributed by atoms with Gasteiger partial charge in [0.1, 0.15) is 5.41 Å². The Bertz CT molecular complexity index is 1490. The van der Waals surface area contributed by atoms with Gasteiger partial charge in [-0.2, -0.15) is 0 Å². The van der Waals surface area contributed by atoms with Gasteiger partial charge in [-0.1, -0.05) is 42.8 Å². The number of nitrogens with one attached hydrogen (secondary N) is 2.